The van der Waals surface area contributed by atoms with Gasteiger partial charge in [-0.3, -0.25) is 19.3 Å². The first-order valence-electron chi connectivity index (χ1n) is 19.1. The predicted molar refractivity (Wildman–Crippen MR) is 204 cm³/mol. The summed E-state index contributed by atoms with van der Waals surface area (Å²) in [5.74, 6) is -0.230. The lowest BCUT2D eigenvalue weighted by atomic mass is 9.89. The number of rotatable bonds is 15. The number of aliphatic hydroxyl groups is 1. The molecule has 53 heavy (non-hydrogen) atoms. The molecule has 0 saturated carbocycles. The highest BCUT2D eigenvalue weighted by Crippen LogP contribution is 2.43. The van der Waals surface area contributed by atoms with Crippen molar-refractivity contribution >= 4 is 17.8 Å². The molecule has 10 heteroatoms. The van der Waals surface area contributed by atoms with Crippen LogP contribution in [0.2, 0.25) is 0 Å². The lowest BCUT2D eigenvalue weighted by molar-refractivity contribution is -0.276. The van der Waals surface area contributed by atoms with Crippen molar-refractivity contribution in [2.75, 3.05) is 19.6 Å². The standard InChI is InChI=1S/C43H57N3O7/c1-29-38(27-46-23-11-16-37(46)41(50)53-43(3,4)5)51-42(52-40(29)33-20-18-31(28-47)19-21-33)36-15-10-14-35(25-36)34-13-9-12-32(24-34)26-45-39(49)17-7-6-8-22-44-30(2)48/h9-10,12-15,18-21,24-25,29,37-38,40,42,47H,6-8,11,16-17,22-23,26-28H2,1-5H3,(H,44,48)(H,45,49)/t29-,37-,38+,40+,42+/m0/s1. The van der Waals surface area contributed by atoms with Crippen LogP contribution >= 0.6 is 0 Å². The van der Waals surface area contributed by atoms with Gasteiger partial charge in [0, 0.05) is 44.5 Å². The van der Waals surface area contributed by atoms with Crippen LogP contribution in [0.1, 0.15) is 108 Å². The Hall–Kier alpha value is -4.09. The van der Waals surface area contributed by atoms with Gasteiger partial charge in [0.2, 0.25) is 11.8 Å². The third kappa shape index (κ3) is 11.7. The minimum Gasteiger partial charge on any atom is -0.459 e. The molecule has 2 heterocycles. The smallest absolute Gasteiger partial charge is 0.323 e. The molecule has 10 nitrogen and oxygen atoms in total. The van der Waals surface area contributed by atoms with E-state index in [9.17, 15) is 19.5 Å². The lowest BCUT2D eigenvalue weighted by Gasteiger charge is -2.43. The van der Waals surface area contributed by atoms with E-state index in [1.165, 1.54) is 6.92 Å². The van der Waals surface area contributed by atoms with Crippen LogP contribution in [0.3, 0.4) is 0 Å². The second-order valence-corrected chi connectivity index (χ2v) is 15.4. The van der Waals surface area contributed by atoms with Crippen LogP contribution in [-0.4, -0.2) is 65.2 Å². The minimum atomic E-state index is -0.651. The largest absolute Gasteiger partial charge is 0.459 e. The molecule has 0 aliphatic carbocycles. The Morgan fingerprint density at radius 2 is 1.62 bits per heavy atom. The van der Waals surface area contributed by atoms with Crippen molar-refractivity contribution in [1.29, 1.82) is 0 Å². The Balaban J connectivity index is 1.29. The number of likely N-dealkylation sites (tertiary alicyclic amines) is 1. The van der Waals surface area contributed by atoms with Gasteiger partial charge in [0.05, 0.1) is 18.8 Å². The highest BCUT2D eigenvalue weighted by Gasteiger charge is 2.42. The molecule has 2 amide bonds. The third-order valence-electron chi connectivity index (χ3n) is 9.94. The summed E-state index contributed by atoms with van der Waals surface area (Å²) in [6.45, 7) is 11.8. The molecule has 0 bridgehead atoms. The molecule has 2 fully saturated rings. The maximum absolute atomic E-state index is 13.2. The number of amides is 2. The van der Waals surface area contributed by atoms with Gasteiger partial charge in [-0.15, -0.1) is 0 Å². The van der Waals surface area contributed by atoms with Crippen LogP contribution in [0, 0.1) is 5.92 Å². The summed E-state index contributed by atoms with van der Waals surface area (Å²) in [6.07, 6.45) is 3.49. The predicted octanol–water partition coefficient (Wildman–Crippen LogP) is 6.76. The zero-order valence-corrected chi connectivity index (χ0v) is 31.9. The normalized spacial score (nSPS) is 22.0. The molecule has 5 atom stereocenters. The molecule has 286 valence electrons. The van der Waals surface area contributed by atoms with Gasteiger partial charge >= 0.3 is 5.97 Å². The van der Waals surface area contributed by atoms with Crippen LogP contribution in [0.25, 0.3) is 11.1 Å². The molecule has 0 unspecified atom stereocenters. The summed E-state index contributed by atoms with van der Waals surface area (Å²) in [4.78, 5) is 38.9. The fourth-order valence-corrected chi connectivity index (χ4v) is 7.11. The summed E-state index contributed by atoms with van der Waals surface area (Å²) in [7, 11) is 0. The van der Waals surface area contributed by atoms with Gasteiger partial charge in [-0.1, -0.05) is 74.0 Å². The molecule has 0 spiro atoms. The highest BCUT2D eigenvalue weighted by molar-refractivity contribution is 5.77. The number of carbonyl (C=O) groups is 3. The van der Waals surface area contributed by atoms with Crippen molar-refractivity contribution < 1.29 is 33.7 Å². The average Bonchev–Trinajstić information content (AvgIpc) is 3.61. The summed E-state index contributed by atoms with van der Waals surface area (Å²) >= 11 is 0. The first-order valence-corrected chi connectivity index (χ1v) is 19.1. The molecule has 0 radical (unpaired) electrons. The summed E-state index contributed by atoms with van der Waals surface area (Å²) in [5, 5.41) is 15.5. The first kappa shape index (κ1) is 40.1. The highest BCUT2D eigenvalue weighted by atomic mass is 16.7. The fourth-order valence-electron chi connectivity index (χ4n) is 7.11. The number of hydrogen-bond acceptors (Lipinski definition) is 8. The molecule has 3 N–H and O–H groups in total. The van der Waals surface area contributed by atoms with Gasteiger partial charge in [0.15, 0.2) is 6.29 Å². The second kappa shape index (κ2) is 18.8. The molecule has 2 aliphatic heterocycles. The number of hydrogen-bond donors (Lipinski definition) is 3. The van der Waals surface area contributed by atoms with E-state index in [2.05, 4.69) is 46.7 Å². The first-order chi connectivity index (χ1) is 25.4. The number of carbonyl (C=O) groups excluding carboxylic acids is 3. The monoisotopic (exact) mass is 727 g/mol. The van der Waals surface area contributed by atoms with Crippen LogP contribution in [0.15, 0.2) is 72.8 Å². The van der Waals surface area contributed by atoms with E-state index in [0.29, 0.717) is 26.1 Å². The quantitative estimate of drug-likeness (QED) is 0.116. The molecule has 5 rings (SSSR count). The molecule has 3 aromatic carbocycles. The van der Waals surface area contributed by atoms with E-state index in [-0.39, 0.29) is 48.6 Å². The number of ether oxygens (including phenoxy) is 3. The molecule has 2 saturated heterocycles. The maximum Gasteiger partial charge on any atom is 0.323 e. The number of nitrogens with zero attached hydrogens (tertiary/aromatic N) is 1. The Kier molecular flexibility index (Phi) is 14.2. The Labute approximate surface area is 314 Å². The Morgan fingerprint density at radius 1 is 0.887 bits per heavy atom. The van der Waals surface area contributed by atoms with Gasteiger partial charge < -0.3 is 30.0 Å². The van der Waals surface area contributed by atoms with Crippen molar-refractivity contribution in [2.24, 2.45) is 5.92 Å². The van der Waals surface area contributed by atoms with Gasteiger partial charge in [-0.25, -0.2) is 0 Å². The third-order valence-corrected chi connectivity index (χ3v) is 9.94. The summed E-state index contributed by atoms with van der Waals surface area (Å²) < 4.78 is 19.4. The van der Waals surface area contributed by atoms with Crippen LogP contribution in [-0.2, 0) is 41.7 Å². The summed E-state index contributed by atoms with van der Waals surface area (Å²) in [5.41, 5.74) is 5.20. The zero-order chi connectivity index (χ0) is 38.0. The molecular formula is C43H57N3O7. The van der Waals surface area contributed by atoms with Crippen LogP contribution < -0.4 is 10.6 Å². The summed E-state index contributed by atoms with van der Waals surface area (Å²) in [6, 6.07) is 23.9. The van der Waals surface area contributed by atoms with Gasteiger partial charge in [0.1, 0.15) is 11.6 Å². The second-order valence-electron chi connectivity index (χ2n) is 15.4. The van der Waals surface area contributed by atoms with Gasteiger partial charge in [-0.2, -0.15) is 0 Å². The van der Waals surface area contributed by atoms with Crippen molar-refractivity contribution in [3.8, 4) is 11.1 Å². The topological polar surface area (TPSA) is 126 Å². The van der Waals surface area contributed by atoms with Crippen molar-refractivity contribution in [2.45, 2.75) is 116 Å². The van der Waals surface area contributed by atoms with Crippen LogP contribution in [0.4, 0.5) is 0 Å². The van der Waals surface area contributed by atoms with Gasteiger partial charge in [0.25, 0.3) is 0 Å². The van der Waals surface area contributed by atoms with Crippen LogP contribution in [0.5, 0.6) is 0 Å². The molecule has 2 aliphatic rings. The van der Waals surface area contributed by atoms with E-state index in [4.69, 9.17) is 14.2 Å². The van der Waals surface area contributed by atoms with E-state index >= 15 is 0 Å². The minimum absolute atomic E-state index is 0.0132. The number of benzene rings is 3. The fraction of sp³-hybridized carbons (Fsp3) is 0.512. The number of unbranched alkanes of at least 4 members (excludes halogenated alkanes) is 2. The Bertz CT molecular complexity index is 1670. The van der Waals surface area contributed by atoms with Crippen molar-refractivity contribution in [3.05, 3.63) is 95.1 Å². The molecular weight excluding hydrogens is 670 g/mol. The number of esters is 1. The van der Waals surface area contributed by atoms with Crippen molar-refractivity contribution in [1.82, 2.24) is 15.5 Å². The lowest BCUT2D eigenvalue weighted by Crippen LogP contribution is -2.48. The Morgan fingerprint density at radius 3 is 2.34 bits per heavy atom. The SMILES string of the molecule is CC(=O)NCCCCCC(=O)NCc1cccc(-c2cccc([C@@H]3O[C@H](CN4CCC[C@H]4C(=O)OC(C)(C)C)[C@H](C)[C@H](c4ccc(CO)cc4)O3)c2)c1. The maximum atomic E-state index is 13.2. The number of aliphatic hydroxyl groups excluding tert-OH is 1. The van der Waals surface area contributed by atoms with E-state index < -0.39 is 11.9 Å². The van der Waals surface area contributed by atoms with Gasteiger partial charge in [-0.05, 0) is 92.9 Å². The zero-order valence-electron chi connectivity index (χ0n) is 31.9. The van der Waals surface area contributed by atoms with E-state index in [1.54, 1.807) is 0 Å². The molecule has 3 aromatic rings. The van der Waals surface area contributed by atoms with E-state index in [0.717, 1.165) is 72.0 Å². The molecule has 0 aromatic heterocycles. The average molecular weight is 728 g/mol. The van der Waals surface area contributed by atoms with Crippen molar-refractivity contribution in [3.63, 3.8) is 0 Å². The van der Waals surface area contributed by atoms with E-state index in [1.807, 2.05) is 69.3 Å². The number of nitrogens with one attached hydrogen (secondary N) is 2.